The summed E-state index contributed by atoms with van der Waals surface area (Å²) in [6.07, 6.45) is 0.401. The smallest absolute Gasteiger partial charge is 0.221 e. The molecular formula is C13H18Cl2N2O2. The van der Waals surface area contributed by atoms with E-state index in [0.29, 0.717) is 36.1 Å². The topological polar surface area (TPSA) is 52.6 Å². The van der Waals surface area contributed by atoms with Crippen LogP contribution in [0, 0.1) is 0 Å². The molecule has 0 spiro atoms. The molecule has 0 aliphatic rings. The zero-order valence-electron chi connectivity index (χ0n) is 10.8. The maximum Gasteiger partial charge on any atom is 0.221 e. The molecule has 0 aliphatic heterocycles. The average molecular weight is 305 g/mol. The highest BCUT2D eigenvalue weighted by Gasteiger charge is 2.09. The number of benzene rings is 1. The van der Waals surface area contributed by atoms with E-state index in [9.17, 15) is 4.79 Å². The Labute approximate surface area is 123 Å². The quantitative estimate of drug-likeness (QED) is 0.809. The van der Waals surface area contributed by atoms with E-state index >= 15 is 0 Å². The Hall–Kier alpha value is -0.810. The van der Waals surface area contributed by atoms with Crippen LogP contribution in [0.4, 0.5) is 0 Å². The predicted molar refractivity (Wildman–Crippen MR) is 77.5 cm³/mol. The molecule has 0 saturated carbocycles. The number of aliphatic hydroxyl groups excluding tert-OH is 1. The van der Waals surface area contributed by atoms with E-state index in [2.05, 4.69) is 5.32 Å². The predicted octanol–water partition coefficient (Wildman–Crippen LogP) is 1.92. The van der Waals surface area contributed by atoms with Crippen molar-refractivity contribution in [3.63, 3.8) is 0 Å². The number of rotatable bonds is 7. The first kappa shape index (κ1) is 16.2. The molecule has 0 bridgehead atoms. The molecule has 0 aromatic heterocycles. The Morgan fingerprint density at radius 1 is 1.32 bits per heavy atom. The molecule has 106 valence electrons. The standard InChI is InChI=1S/C13H18Cl2N2O2/c1-16-13(19)4-5-17(6-7-18)9-10-2-3-11(14)12(15)8-10/h2-3,8,18H,4-7,9H2,1H3,(H,16,19). The van der Waals surface area contributed by atoms with Gasteiger partial charge in [0.15, 0.2) is 0 Å². The summed E-state index contributed by atoms with van der Waals surface area (Å²) in [5, 5.41) is 12.6. The highest BCUT2D eigenvalue weighted by molar-refractivity contribution is 6.42. The Kier molecular flexibility index (Phi) is 7.16. The molecule has 1 aromatic rings. The largest absolute Gasteiger partial charge is 0.395 e. The van der Waals surface area contributed by atoms with E-state index in [1.54, 1.807) is 19.2 Å². The number of carbonyl (C=O) groups is 1. The van der Waals surface area contributed by atoms with Crippen molar-refractivity contribution in [2.24, 2.45) is 0 Å². The number of nitrogens with one attached hydrogen (secondary N) is 1. The van der Waals surface area contributed by atoms with Gasteiger partial charge in [-0.3, -0.25) is 9.69 Å². The van der Waals surface area contributed by atoms with Gasteiger partial charge in [-0.2, -0.15) is 0 Å². The molecule has 0 radical (unpaired) electrons. The molecule has 0 unspecified atom stereocenters. The Balaban J connectivity index is 2.61. The number of carbonyl (C=O) groups excluding carboxylic acids is 1. The molecule has 19 heavy (non-hydrogen) atoms. The van der Waals surface area contributed by atoms with Crippen LogP contribution in [0.25, 0.3) is 0 Å². The van der Waals surface area contributed by atoms with Crippen molar-refractivity contribution in [3.05, 3.63) is 33.8 Å². The van der Waals surface area contributed by atoms with E-state index < -0.39 is 0 Å². The normalized spacial score (nSPS) is 10.8. The van der Waals surface area contributed by atoms with Crippen LogP contribution >= 0.6 is 23.2 Å². The molecule has 0 fully saturated rings. The molecule has 0 heterocycles. The third-order valence-electron chi connectivity index (χ3n) is 2.74. The minimum atomic E-state index is -0.0166. The summed E-state index contributed by atoms with van der Waals surface area (Å²) in [5.41, 5.74) is 1.000. The molecule has 6 heteroatoms. The zero-order chi connectivity index (χ0) is 14.3. The first-order valence-corrected chi connectivity index (χ1v) is 6.80. The fourth-order valence-electron chi connectivity index (χ4n) is 1.69. The fourth-order valence-corrected chi connectivity index (χ4v) is 2.01. The lowest BCUT2D eigenvalue weighted by atomic mass is 10.2. The van der Waals surface area contributed by atoms with E-state index in [1.807, 2.05) is 11.0 Å². The molecular weight excluding hydrogens is 287 g/mol. The lowest BCUT2D eigenvalue weighted by Gasteiger charge is -2.21. The summed E-state index contributed by atoms with van der Waals surface area (Å²) >= 11 is 11.8. The maximum atomic E-state index is 11.2. The van der Waals surface area contributed by atoms with Gasteiger partial charge in [-0.25, -0.2) is 0 Å². The summed E-state index contributed by atoms with van der Waals surface area (Å²) in [5.74, 6) is -0.0166. The second-order valence-electron chi connectivity index (χ2n) is 4.17. The molecule has 4 nitrogen and oxygen atoms in total. The van der Waals surface area contributed by atoms with Gasteiger partial charge >= 0.3 is 0 Å². The average Bonchev–Trinajstić information content (AvgIpc) is 2.40. The molecule has 2 N–H and O–H groups in total. The lowest BCUT2D eigenvalue weighted by molar-refractivity contribution is -0.121. The highest BCUT2D eigenvalue weighted by Crippen LogP contribution is 2.23. The third-order valence-corrected chi connectivity index (χ3v) is 3.48. The van der Waals surface area contributed by atoms with Crippen molar-refractivity contribution in [2.75, 3.05) is 26.7 Å². The van der Waals surface area contributed by atoms with Gasteiger partial charge < -0.3 is 10.4 Å². The number of aliphatic hydroxyl groups is 1. The van der Waals surface area contributed by atoms with Gasteiger partial charge in [0.25, 0.3) is 0 Å². The van der Waals surface area contributed by atoms with Crippen molar-refractivity contribution in [3.8, 4) is 0 Å². The first-order valence-electron chi connectivity index (χ1n) is 6.04. The molecule has 0 atom stereocenters. The molecule has 1 amide bonds. The minimum absolute atomic E-state index is 0.0166. The van der Waals surface area contributed by atoms with Crippen LogP contribution in [0.2, 0.25) is 10.0 Å². The fraction of sp³-hybridized carbons (Fsp3) is 0.462. The van der Waals surface area contributed by atoms with Crippen molar-refractivity contribution < 1.29 is 9.90 Å². The molecule has 1 rings (SSSR count). The number of nitrogens with zero attached hydrogens (tertiary/aromatic N) is 1. The molecule has 0 saturated heterocycles. The van der Waals surface area contributed by atoms with Crippen LogP contribution in [-0.4, -0.2) is 42.7 Å². The highest BCUT2D eigenvalue weighted by atomic mass is 35.5. The van der Waals surface area contributed by atoms with Gasteiger partial charge in [0.05, 0.1) is 16.7 Å². The van der Waals surface area contributed by atoms with Crippen LogP contribution < -0.4 is 5.32 Å². The van der Waals surface area contributed by atoms with Gasteiger partial charge in [0.2, 0.25) is 5.91 Å². The summed E-state index contributed by atoms with van der Waals surface area (Å²) < 4.78 is 0. The van der Waals surface area contributed by atoms with Crippen molar-refractivity contribution >= 4 is 29.1 Å². The van der Waals surface area contributed by atoms with Crippen LogP contribution in [-0.2, 0) is 11.3 Å². The van der Waals surface area contributed by atoms with Crippen LogP contribution in [0.3, 0.4) is 0 Å². The Morgan fingerprint density at radius 3 is 2.63 bits per heavy atom. The van der Waals surface area contributed by atoms with Crippen LogP contribution in [0.15, 0.2) is 18.2 Å². The van der Waals surface area contributed by atoms with Gasteiger partial charge in [0.1, 0.15) is 0 Å². The van der Waals surface area contributed by atoms with E-state index in [1.165, 1.54) is 0 Å². The van der Waals surface area contributed by atoms with E-state index in [-0.39, 0.29) is 12.5 Å². The van der Waals surface area contributed by atoms with Gasteiger partial charge in [-0.1, -0.05) is 29.3 Å². The van der Waals surface area contributed by atoms with Gasteiger partial charge in [0, 0.05) is 33.1 Å². The zero-order valence-corrected chi connectivity index (χ0v) is 12.3. The van der Waals surface area contributed by atoms with Crippen LogP contribution in [0.1, 0.15) is 12.0 Å². The first-order chi connectivity index (χ1) is 9.06. The Morgan fingerprint density at radius 2 is 2.05 bits per heavy atom. The maximum absolute atomic E-state index is 11.2. The number of hydrogen-bond acceptors (Lipinski definition) is 3. The van der Waals surface area contributed by atoms with Crippen molar-refractivity contribution in [2.45, 2.75) is 13.0 Å². The van der Waals surface area contributed by atoms with Crippen LogP contribution in [0.5, 0.6) is 0 Å². The van der Waals surface area contributed by atoms with E-state index in [0.717, 1.165) is 5.56 Å². The van der Waals surface area contributed by atoms with E-state index in [4.69, 9.17) is 28.3 Å². The monoisotopic (exact) mass is 304 g/mol. The van der Waals surface area contributed by atoms with Crippen molar-refractivity contribution in [1.82, 2.24) is 10.2 Å². The van der Waals surface area contributed by atoms with Gasteiger partial charge in [-0.05, 0) is 17.7 Å². The van der Waals surface area contributed by atoms with Crippen molar-refractivity contribution in [1.29, 1.82) is 0 Å². The third kappa shape index (κ3) is 5.78. The summed E-state index contributed by atoms with van der Waals surface area (Å²) in [7, 11) is 1.61. The Bertz CT molecular complexity index is 427. The second-order valence-corrected chi connectivity index (χ2v) is 4.99. The second kappa shape index (κ2) is 8.38. The molecule has 0 aliphatic carbocycles. The summed E-state index contributed by atoms with van der Waals surface area (Å²) in [6.45, 7) is 1.77. The lowest BCUT2D eigenvalue weighted by Crippen LogP contribution is -2.31. The SMILES string of the molecule is CNC(=O)CCN(CCO)Cc1ccc(Cl)c(Cl)c1. The number of amides is 1. The molecule has 1 aromatic carbocycles. The number of halogens is 2. The number of hydrogen-bond donors (Lipinski definition) is 2. The summed E-state index contributed by atoms with van der Waals surface area (Å²) in [4.78, 5) is 13.2. The summed E-state index contributed by atoms with van der Waals surface area (Å²) in [6, 6.07) is 5.43. The minimum Gasteiger partial charge on any atom is -0.395 e. The van der Waals surface area contributed by atoms with Gasteiger partial charge in [-0.15, -0.1) is 0 Å².